The number of nitrogens with one attached hydrogen (secondary N) is 2. The molecule has 1 heterocycles. The Morgan fingerprint density at radius 2 is 1.84 bits per heavy atom. The van der Waals surface area contributed by atoms with Gasteiger partial charge in [-0.15, -0.1) is 0 Å². The average molecular weight is 340 g/mol. The highest BCUT2D eigenvalue weighted by molar-refractivity contribution is 6.03. The van der Waals surface area contributed by atoms with Crippen molar-refractivity contribution in [2.24, 2.45) is 0 Å². The molecule has 7 heteroatoms. The zero-order valence-electron chi connectivity index (χ0n) is 13.3. The number of carbonyl (C=O) groups excluding carboxylic acids is 1. The normalized spacial score (nSPS) is 10.4. The molecule has 0 aliphatic carbocycles. The van der Waals surface area contributed by atoms with Crippen LogP contribution in [0.3, 0.4) is 0 Å². The zero-order chi connectivity index (χ0) is 17.8. The van der Waals surface area contributed by atoms with Crippen LogP contribution in [0.2, 0.25) is 0 Å². The summed E-state index contributed by atoms with van der Waals surface area (Å²) in [6, 6.07) is 11.9. The summed E-state index contributed by atoms with van der Waals surface area (Å²) in [5, 5.41) is 5.38. The monoisotopic (exact) mass is 340 g/mol. The van der Waals surface area contributed by atoms with E-state index in [0.717, 1.165) is 23.4 Å². The lowest BCUT2D eigenvalue weighted by Crippen LogP contribution is -2.15. The molecular formula is C18H14F2N4O. The number of hydrogen-bond donors (Lipinski definition) is 2. The van der Waals surface area contributed by atoms with Crippen molar-refractivity contribution in [3.8, 4) is 0 Å². The molecule has 0 saturated heterocycles. The number of rotatable bonds is 4. The van der Waals surface area contributed by atoms with E-state index in [1.165, 1.54) is 12.3 Å². The first kappa shape index (κ1) is 16.5. The van der Waals surface area contributed by atoms with Gasteiger partial charge in [-0.05, 0) is 36.8 Å². The van der Waals surface area contributed by atoms with E-state index < -0.39 is 17.5 Å². The number of para-hydroxylation sites is 1. The van der Waals surface area contributed by atoms with E-state index in [2.05, 4.69) is 20.6 Å². The number of halogens is 2. The summed E-state index contributed by atoms with van der Waals surface area (Å²) in [5.41, 5.74) is 1.73. The summed E-state index contributed by atoms with van der Waals surface area (Å²) in [4.78, 5) is 20.4. The number of nitrogens with zero attached hydrogens (tertiary/aromatic N) is 2. The number of amides is 1. The number of anilines is 3. The molecule has 0 radical (unpaired) electrons. The molecule has 0 spiro atoms. The molecule has 5 nitrogen and oxygen atoms in total. The number of aromatic nitrogens is 2. The molecule has 0 atom stereocenters. The van der Waals surface area contributed by atoms with E-state index in [-0.39, 0.29) is 17.3 Å². The zero-order valence-corrected chi connectivity index (χ0v) is 13.3. The Bertz CT molecular complexity index is 930. The summed E-state index contributed by atoms with van der Waals surface area (Å²) in [6.07, 6.45) is 1.42. The smallest absolute Gasteiger partial charge is 0.274 e. The van der Waals surface area contributed by atoms with Crippen LogP contribution in [0.15, 0.2) is 54.7 Å². The first-order chi connectivity index (χ1) is 12.0. The molecule has 0 unspecified atom stereocenters. The van der Waals surface area contributed by atoms with Gasteiger partial charge in [-0.1, -0.05) is 18.2 Å². The lowest BCUT2D eigenvalue weighted by Gasteiger charge is -2.09. The van der Waals surface area contributed by atoms with Crippen LogP contribution in [0.5, 0.6) is 0 Å². The third kappa shape index (κ3) is 3.95. The van der Waals surface area contributed by atoms with Crippen LogP contribution in [-0.4, -0.2) is 15.9 Å². The Morgan fingerprint density at radius 1 is 1.04 bits per heavy atom. The summed E-state index contributed by atoms with van der Waals surface area (Å²) >= 11 is 0. The highest BCUT2D eigenvalue weighted by atomic mass is 19.1. The maximum absolute atomic E-state index is 13.6. The molecule has 126 valence electrons. The fraction of sp³-hybridized carbons (Fsp3) is 0.0556. The standard InChI is InChI=1S/C18H14F2N4O/c1-11-4-2-3-5-14(11)23-18-21-9-8-16(24-18)17(25)22-15-7-6-12(19)10-13(15)20/h2-10H,1H3,(H,22,25)(H,21,23,24). The van der Waals surface area contributed by atoms with Crippen LogP contribution in [0.1, 0.15) is 16.1 Å². The molecule has 0 aliphatic rings. The van der Waals surface area contributed by atoms with E-state index >= 15 is 0 Å². The van der Waals surface area contributed by atoms with Gasteiger partial charge in [0, 0.05) is 18.0 Å². The maximum Gasteiger partial charge on any atom is 0.274 e. The molecule has 0 bridgehead atoms. The van der Waals surface area contributed by atoms with Gasteiger partial charge < -0.3 is 10.6 Å². The molecule has 2 N–H and O–H groups in total. The van der Waals surface area contributed by atoms with Gasteiger partial charge >= 0.3 is 0 Å². The van der Waals surface area contributed by atoms with Crippen molar-refractivity contribution in [2.75, 3.05) is 10.6 Å². The van der Waals surface area contributed by atoms with Crippen molar-refractivity contribution in [3.05, 3.63) is 77.6 Å². The van der Waals surface area contributed by atoms with Gasteiger partial charge in [0.25, 0.3) is 5.91 Å². The Labute approximate surface area is 142 Å². The van der Waals surface area contributed by atoms with Crippen molar-refractivity contribution < 1.29 is 13.6 Å². The van der Waals surface area contributed by atoms with Gasteiger partial charge in [-0.3, -0.25) is 4.79 Å². The van der Waals surface area contributed by atoms with Gasteiger partial charge in [0.15, 0.2) is 0 Å². The fourth-order valence-corrected chi connectivity index (χ4v) is 2.16. The fourth-order valence-electron chi connectivity index (χ4n) is 2.16. The molecular weight excluding hydrogens is 326 g/mol. The van der Waals surface area contributed by atoms with Crippen molar-refractivity contribution >= 4 is 23.2 Å². The van der Waals surface area contributed by atoms with Gasteiger partial charge in [0.05, 0.1) is 5.69 Å². The van der Waals surface area contributed by atoms with Crippen molar-refractivity contribution in [3.63, 3.8) is 0 Å². The van der Waals surface area contributed by atoms with Crippen molar-refractivity contribution in [1.29, 1.82) is 0 Å². The summed E-state index contributed by atoms with van der Waals surface area (Å²) < 4.78 is 26.6. The summed E-state index contributed by atoms with van der Waals surface area (Å²) in [6.45, 7) is 1.93. The van der Waals surface area contributed by atoms with E-state index in [0.29, 0.717) is 6.07 Å². The molecule has 3 aromatic rings. The first-order valence-corrected chi connectivity index (χ1v) is 7.45. The van der Waals surface area contributed by atoms with Crippen molar-refractivity contribution in [2.45, 2.75) is 6.92 Å². The Balaban J connectivity index is 1.79. The summed E-state index contributed by atoms with van der Waals surface area (Å²) in [7, 11) is 0. The minimum atomic E-state index is -0.860. The van der Waals surface area contributed by atoms with E-state index in [1.807, 2.05) is 31.2 Å². The van der Waals surface area contributed by atoms with E-state index in [4.69, 9.17) is 0 Å². The lowest BCUT2D eigenvalue weighted by molar-refractivity contribution is 0.102. The van der Waals surface area contributed by atoms with Crippen LogP contribution in [0, 0.1) is 18.6 Å². The van der Waals surface area contributed by atoms with Gasteiger partial charge in [0.1, 0.15) is 17.3 Å². The Hall–Kier alpha value is -3.35. The second-order valence-electron chi connectivity index (χ2n) is 5.28. The third-order valence-electron chi connectivity index (χ3n) is 3.46. The van der Waals surface area contributed by atoms with Gasteiger partial charge in [0.2, 0.25) is 5.95 Å². The van der Waals surface area contributed by atoms with Crippen LogP contribution in [0.25, 0.3) is 0 Å². The molecule has 0 saturated carbocycles. The maximum atomic E-state index is 13.6. The molecule has 2 aromatic carbocycles. The second kappa shape index (κ2) is 7.04. The molecule has 0 fully saturated rings. The molecule has 25 heavy (non-hydrogen) atoms. The van der Waals surface area contributed by atoms with Crippen LogP contribution in [0.4, 0.5) is 26.1 Å². The number of aryl methyl sites for hydroxylation is 1. The van der Waals surface area contributed by atoms with E-state index in [1.54, 1.807) is 0 Å². The highest BCUT2D eigenvalue weighted by Crippen LogP contribution is 2.18. The Morgan fingerprint density at radius 3 is 2.60 bits per heavy atom. The van der Waals surface area contributed by atoms with Crippen LogP contribution >= 0.6 is 0 Å². The minimum Gasteiger partial charge on any atom is -0.324 e. The average Bonchev–Trinajstić information content (AvgIpc) is 2.60. The van der Waals surface area contributed by atoms with Crippen LogP contribution < -0.4 is 10.6 Å². The first-order valence-electron chi connectivity index (χ1n) is 7.45. The second-order valence-corrected chi connectivity index (χ2v) is 5.28. The number of carbonyl (C=O) groups is 1. The number of benzene rings is 2. The number of hydrogen-bond acceptors (Lipinski definition) is 4. The van der Waals surface area contributed by atoms with Crippen molar-refractivity contribution in [1.82, 2.24) is 9.97 Å². The predicted octanol–water partition coefficient (Wildman–Crippen LogP) is 4.06. The largest absolute Gasteiger partial charge is 0.324 e. The minimum absolute atomic E-state index is 0.0507. The molecule has 1 amide bonds. The topological polar surface area (TPSA) is 66.9 Å². The molecule has 0 aliphatic heterocycles. The van der Waals surface area contributed by atoms with Gasteiger partial charge in [-0.2, -0.15) is 0 Å². The summed E-state index contributed by atoms with van der Waals surface area (Å²) in [5.74, 6) is -1.97. The highest BCUT2D eigenvalue weighted by Gasteiger charge is 2.12. The van der Waals surface area contributed by atoms with Crippen LogP contribution in [-0.2, 0) is 0 Å². The predicted molar refractivity (Wildman–Crippen MR) is 90.8 cm³/mol. The SMILES string of the molecule is Cc1ccccc1Nc1nccc(C(=O)Nc2ccc(F)cc2F)n1. The molecule has 1 aromatic heterocycles. The third-order valence-corrected chi connectivity index (χ3v) is 3.46. The van der Waals surface area contributed by atoms with Gasteiger partial charge in [-0.25, -0.2) is 18.7 Å². The lowest BCUT2D eigenvalue weighted by atomic mass is 10.2. The molecule has 3 rings (SSSR count). The quantitative estimate of drug-likeness (QED) is 0.752. The van der Waals surface area contributed by atoms with E-state index in [9.17, 15) is 13.6 Å². The Kier molecular flexibility index (Phi) is 4.65.